The lowest BCUT2D eigenvalue weighted by atomic mass is 10.1. The van der Waals surface area contributed by atoms with E-state index in [2.05, 4.69) is 5.32 Å². The molecule has 8 heteroatoms. The highest BCUT2D eigenvalue weighted by Crippen LogP contribution is 2.27. The van der Waals surface area contributed by atoms with Gasteiger partial charge in [-0.3, -0.25) is 14.2 Å². The van der Waals surface area contributed by atoms with Gasteiger partial charge in [-0.1, -0.05) is 41.6 Å². The van der Waals surface area contributed by atoms with Gasteiger partial charge < -0.3 is 10.1 Å². The number of nitrogens with one attached hydrogen (secondary N) is 1. The van der Waals surface area contributed by atoms with Gasteiger partial charge in [0.25, 0.3) is 11.5 Å². The van der Waals surface area contributed by atoms with Crippen molar-refractivity contribution in [2.45, 2.75) is 30.8 Å². The van der Waals surface area contributed by atoms with Crippen LogP contribution in [0.15, 0.2) is 76.7 Å². The first kappa shape index (κ1) is 23.9. The van der Waals surface area contributed by atoms with Crippen LogP contribution in [0, 0.1) is 0 Å². The van der Waals surface area contributed by atoms with Gasteiger partial charge >= 0.3 is 0 Å². The summed E-state index contributed by atoms with van der Waals surface area (Å²) in [6.07, 6.45) is 0. The summed E-state index contributed by atoms with van der Waals surface area (Å²) in [7, 11) is 1.58. The second-order valence-electron chi connectivity index (χ2n) is 8.01. The standard InChI is InChI=1S/C26H24ClN3O3S/c1-16(2)28-24(31)18-9-12-22-23(13-18)29-26(34-15-17-7-10-19(27)11-8-17)30(25(22)32)20-5-4-6-21(14-20)33-3/h4-14,16H,15H2,1-3H3,(H,28,31). The molecule has 0 saturated carbocycles. The number of aromatic nitrogens is 2. The number of amides is 1. The fraction of sp³-hybridized carbons (Fsp3) is 0.192. The van der Waals surface area contributed by atoms with Gasteiger partial charge in [-0.15, -0.1) is 0 Å². The van der Waals surface area contributed by atoms with Crippen LogP contribution in [0.4, 0.5) is 0 Å². The zero-order valence-electron chi connectivity index (χ0n) is 19.0. The monoisotopic (exact) mass is 493 g/mol. The van der Waals surface area contributed by atoms with E-state index in [4.69, 9.17) is 21.3 Å². The molecule has 0 radical (unpaired) electrons. The Morgan fingerprint density at radius 3 is 2.59 bits per heavy atom. The topological polar surface area (TPSA) is 73.2 Å². The Balaban J connectivity index is 1.83. The van der Waals surface area contributed by atoms with Gasteiger partial charge in [0.05, 0.1) is 23.7 Å². The third-order valence-electron chi connectivity index (χ3n) is 5.11. The van der Waals surface area contributed by atoms with Crippen molar-refractivity contribution in [1.82, 2.24) is 14.9 Å². The van der Waals surface area contributed by atoms with Crippen molar-refractivity contribution in [2.24, 2.45) is 0 Å². The number of hydrogen-bond donors (Lipinski definition) is 1. The number of halogens is 1. The number of fused-ring (bicyclic) bond motifs is 1. The molecule has 174 valence electrons. The molecule has 1 amide bonds. The lowest BCUT2D eigenvalue weighted by molar-refractivity contribution is 0.0943. The third-order valence-corrected chi connectivity index (χ3v) is 6.37. The number of carbonyl (C=O) groups is 1. The summed E-state index contributed by atoms with van der Waals surface area (Å²) in [5, 5.41) is 4.49. The van der Waals surface area contributed by atoms with Crippen LogP contribution in [0.5, 0.6) is 5.75 Å². The molecule has 0 fully saturated rings. The fourth-order valence-corrected chi connectivity index (χ4v) is 4.55. The number of methoxy groups -OCH3 is 1. The summed E-state index contributed by atoms with van der Waals surface area (Å²) in [6.45, 7) is 3.80. The molecule has 3 aromatic carbocycles. The molecule has 4 rings (SSSR count). The Morgan fingerprint density at radius 2 is 1.88 bits per heavy atom. The summed E-state index contributed by atoms with van der Waals surface area (Å²) in [4.78, 5) is 30.9. The first-order valence-electron chi connectivity index (χ1n) is 10.7. The Morgan fingerprint density at radius 1 is 1.12 bits per heavy atom. The quantitative estimate of drug-likeness (QED) is 0.272. The van der Waals surface area contributed by atoms with Crippen LogP contribution in [-0.2, 0) is 5.75 Å². The summed E-state index contributed by atoms with van der Waals surface area (Å²) >= 11 is 7.45. The van der Waals surface area contributed by atoms with Crippen LogP contribution in [0.25, 0.3) is 16.6 Å². The first-order chi connectivity index (χ1) is 16.4. The predicted octanol–water partition coefficient (Wildman–Crippen LogP) is 5.48. The number of ether oxygens (including phenoxy) is 1. The molecule has 0 aliphatic carbocycles. The lowest BCUT2D eigenvalue weighted by Crippen LogP contribution is -2.30. The van der Waals surface area contributed by atoms with E-state index in [0.29, 0.717) is 43.8 Å². The van der Waals surface area contributed by atoms with Crippen molar-refractivity contribution in [3.05, 3.63) is 93.2 Å². The Hall–Kier alpha value is -3.29. The molecule has 4 aromatic rings. The molecule has 0 aliphatic rings. The van der Waals surface area contributed by atoms with Crippen molar-refractivity contribution in [3.8, 4) is 11.4 Å². The largest absolute Gasteiger partial charge is 0.497 e. The highest BCUT2D eigenvalue weighted by molar-refractivity contribution is 7.98. The molecule has 0 atom stereocenters. The average Bonchev–Trinajstić information content (AvgIpc) is 2.83. The number of nitrogens with zero attached hydrogens (tertiary/aromatic N) is 2. The SMILES string of the molecule is COc1cccc(-n2c(SCc3ccc(Cl)cc3)nc3cc(C(=O)NC(C)C)ccc3c2=O)c1. The van der Waals surface area contributed by atoms with E-state index in [-0.39, 0.29) is 17.5 Å². The average molecular weight is 494 g/mol. The van der Waals surface area contributed by atoms with E-state index < -0.39 is 0 Å². The Labute approximate surface area is 206 Å². The minimum Gasteiger partial charge on any atom is -0.497 e. The number of carbonyl (C=O) groups excluding carboxylic acids is 1. The molecule has 0 bridgehead atoms. The molecule has 1 aromatic heterocycles. The van der Waals surface area contributed by atoms with Crippen molar-refractivity contribution in [2.75, 3.05) is 7.11 Å². The number of rotatable bonds is 7. The van der Waals surface area contributed by atoms with Crippen LogP contribution in [0.2, 0.25) is 5.02 Å². The van der Waals surface area contributed by atoms with Gasteiger partial charge in [0.1, 0.15) is 5.75 Å². The van der Waals surface area contributed by atoms with Gasteiger partial charge in [0.2, 0.25) is 0 Å². The Kier molecular flexibility index (Phi) is 7.24. The summed E-state index contributed by atoms with van der Waals surface area (Å²) in [6, 6.07) is 19.8. The minimum atomic E-state index is -0.215. The second kappa shape index (κ2) is 10.3. The first-order valence-corrected chi connectivity index (χ1v) is 12.1. The van der Waals surface area contributed by atoms with Crippen LogP contribution in [0.1, 0.15) is 29.8 Å². The van der Waals surface area contributed by atoms with Crippen LogP contribution in [0.3, 0.4) is 0 Å². The maximum atomic E-state index is 13.6. The normalized spacial score (nSPS) is 11.1. The lowest BCUT2D eigenvalue weighted by Gasteiger charge is -2.15. The molecule has 0 saturated heterocycles. The van der Waals surface area contributed by atoms with Crippen LogP contribution >= 0.6 is 23.4 Å². The number of benzene rings is 3. The van der Waals surface area contributed by atoms with Crippen LogP contribution in [-0.4, -0.2) is 28.6 Å². The van der Waals surface area contributed by atoms with Gasteiger partial charge in [0, 0.05) is 28.4 Å². The highest BCUT2D eigenvalue weighted by atomic mass is 35.5. The van der Waals surface area contributed by atoms with Gasteiger partial charge in [-0.05, 0) is 61.9 Å². The molecule has 1 N–H and O–H groups in total. The fourth-order valence-electron chi connectivity index (χ4n) is 3.45. The minimum absolute atomic E-state index is 0.00251. The number of hydrogen-bond acceptors (Lipinski definition) is 5. The zero-order valence-corrected chi connectivity index (χ0v) is 20.6. The summed E-state index contributed by atoms with van der Waals surface area (Å²) < 4.78 is 6.94. The van der Waals surface area contributed by atoms with E-state index in [1.165, 1.54) is 11.8 Å². The molecule has 34 heavy (non-hydrogen) atoms. The van der Waals surface area contributed by atoms with E-state index in [1.54, 1.807) is 35.9 Å². The summed E-state index contributed by atoms with van der Waals surface area (Å²) in [5.74, 6) is 1.02. The van der Waals surface area contributed by atoms with Crippen molar-refractivity contribution < 1.29 is 9.53 Å². The number of thioether (sulfide) groups is 1. The van der Waals surface area contributed by atoms with Crippen molar-refractivity contribution >= 4 is 40.2 Å². The zero-order chi connectivity index (χ0) is 24.2. The van der Waals surface area contributed by atoms with Gasteiger partial charge in [0.15, 0.2) is 5.16 Å². The molecular weight excluding hydrogens is 470 g/mol. The smallest absolute Gasteiger partial charge is 0.266 e. The van der Waals surface area contributed by atoms with E-state index in [9.17, 15) is 9.59 Å². The summed E-state index contributed by atoms with van der Waals surface area (Å²) in [5.41, 5.74) is 2.41. The van der Waals surface area contributed by atoms with Gasteiger partial charge in [-0.2, -0.15) is 0 Å². The molecule has 6 nitrogen and oxygen atoms in total. The van der Waals surface area contributed by atoms with Crippen molar-refractivity contribution in [1.29, 1.82) is 0 Å². The highest BCUT2D eigenvalue weighted by Gasteiger charge is 2.16. The van der Waals surface area contributed by atoms with Crippen molar-refractivity contribution in [3.63, 3.8) is 0 Å². The molecular formula is C26H24ClN3O3S. The van der Waals surface area contributed by atoms with Gasteiger partial charge in [-0.25, -0.2) is 4.98 Å². The van der Waals surface area contributed by atoms with Crippen LogP contribution < -0.4 is 15.6 Å². The van der Waals surface area contributed by atoms with E-state index in [1.807, 2.05) is 56.3 Å². The molecule has 1 heterocycles. The van der Waals surface area contributed by atoms with E-state index in [0.717, 1.165) is 5.56 Å². The van der Waals surface area contributed by atoms with E-state index >= 15 is 0 Å². The maximum absolute atomic E-state index is 13.6. The third kappa shape index (κ3) is 5.26. The second-order valence-corrected chi connectivity index (χ2v) is 9.39. The maximum Gasteiger partial charge on any atom is 0.266 e. The Bertz CT molecular complexity index is 1400. The molecule has 0 aliphatic heterocycles. The molecule has 0 unspecified atom stereocenters. The predicted molar refractivity (Wildman–Crippen MR) is 138 cm³/mol. The molecule has 0 spiro atoms.